The maximum atomic E-state index is 12.5. The highest BCUT2D eigenvalue weighted by molar-refractivity contribution is 7.10. The van der Waals surface area contributed by atoms with Crippen LogP contribution in [0.3, 0.4) is 0 Å². The summed E-state index contributed by atoms with van der Waals surface area (Å²) in [7, 11) is 0. The SMILES string of the molecule is CC(C)N1C(=O)C(=O)N(CN2CCc3sccc3[C@H]2C2CC2)C1=O. The molecule has 0 unspecified atom stereocenters. The van der Waals surface area contributed by atoms with Crippen molar-refractivity contribution < 1.29 is 14.4 Å². The lowest BCUT2D eigenvalue weighted by molar-refractivity contribution is -0.144. The van der Waals surface area contributed by atoms with Gasteiger partial charge in [-0.15, -0.1) is 11.3 Å². The van der Waals surface area contributed by atoms with Gasteiger partial charge in [0, 0.05) is 23.5 Å². The highest BCUT2D eigenvalue weighted by atomic mass is 32.1. The molecule has 7 heteroatoms. The molecule has 4 rings (SSSR count). The van der Waals surface area contributed by atoms with E-state index >= 15 is 0 Å². The summed E-state index contributed by atoms with van der Waals surface area (Å²) in [6, 6.07) is 1.66. The van der Waals surface area contributed by atoms with Gasteiger partial charge in [-0.25, -0.2) is 9.69 Å². The van der Waals surface area contributed by atoms with Crippen LogP contribution in [0, 0.1) is 5.92 Å². The zero-order valence-electron chi connectivity index (χ0n) is 13.9. The van der Waals surface area contributed by atoms with Crippen molar-refractivity contribution in [2.45, 2.75) is 45.2 Å². The Labute approximate surface area is 145 Å². The fraction of sp³-hybridized carbons (Fsp3) is 0.588. The second-order valence-electron chi connectivity index (χ2n) is 7.07. The van der Waals surface area contributed by atoms with Gasteiger partial charge in [0.25, 0.3) is 0 Å². The van der Waals surface area contributed by atoms with Crippen LogP contribution >= 0.6 is 11.3 Å². The lowest BCUT2D eigenvalue weighted by atomic mass is 9.96. The molecule has 0 N–H and O–H groups in total. The van der Waals surface area contributed by atoms with Crippen molar-refractivity contribution >= 4 is 29.2 Å². The van der Waals surface area contributed by atoms with Gasteiger partial charge in [0.1, 0.15) is 0 Å². The van der Waals surface area contributed by atoms with E-state index in [1.807, 2.05) is 0 Å². The molecule has 1 aliphatic carbocycles. The van der Waals surface area contributed by atoms with Gasteiger partial charge in [-0.05, 0) is 56.0 Å². The van der Waals surface area contributed by atoms with Crippen LogP contribution in [0.2, 0.25) is 0 Å². The largest absolute Gasteiger partial charge is 0.335 e. The Morgan fingerprint density at radius 3 is 2.58 bits per heavy atom. The summed E-state index contributed by atoms with van der Waals surface area (Å²) >= 11 is 1.79. The van der Waals surface area contributed by atoms with Gasteiger partial charge in [0.2, 0.25) is 0 Å². The first-order valence-electron chi connectivity index (χ1n) is 8.48. The molecule has 2 aliphatic heterocycles. The maximum absolute atomic E-state index is 12.5. The van der Waals surface area contributed by atoms with Crippen molar-refractivity contribution in [3.05, 3.63) is 21.9 Å². The summed E-state index contributed by atoms with van der Waals surface area (Å²) in [6.45, 7) is 4.53. The number of hydrogen-bond donors (Lipinski definition) is 0. The average Bonchev–Trinajstić information content (AvgIpc) is 3.22. The molecular formula is C17H21N3O3S. The zero-order valence-corrected chi connectivity index (χ0v) is 14.7. The third-order valence-electron chi connectivity index (χ3n) is 5.11. The van der Waals surface area contributed by atoms with Gasteiger partial charge in [-0.1, -0.05) is 0 Å². The summed E-state index contributed by atoms with van der Waals surface area (Å²) in [5, 5.41) is 2.12. The topological polar surface area (TPSA) is 60.9 Å². The minimum Gasteiger partial charge on any atom is -0.278 e. The number of carbonyl (C=O) groups is 3. The van der Waals surface area contributed by atoms with Gasteiger partial charge >= 0.3 is 17.8 Å². The van der Waals surface area contributed by atoms with Crippen molar-refractivity contribution in [1.29, 1.82) is 0 Å². The molecule has 0 aromatic carbocycles. The Hall–Kier alpha value is -1.73. The number of imide groups is 2. The summed E-state index contributed by atoms with van der Waals surface area (Å²) in [5.74, 6) is -0.797. The van der Waals surface area contributed by atoms with E-state index in [9.17, 15) is 14.4 Å². The molecule has 0 spiro atoms. The fourth-order valence-corrected chi connectivity index (χ4v) is 4.72. The Bertz CT molecular complexity index is 710. The summed E-state index contributed by atoms with van der Waals surface area (Å²) in [6.07, 6.45) is 3.32. The van der Waals surface area contributed by atoms with Crippen molar-refractivity contribution in [1.82, 2.24) is 14.7 Å². The molecular weight excluding hydrogens is 326 g/mol. The maximum Gasteiger partial charge on any atom is 0.335 e. The van der Waals surface area contributed by atoms with Crippen molar-refractivity contribution in [3.63, 3.8) is 0 Å². The second kappa shape index (κ2) is 5.67. The number of rotatable bonds is 4. The lowest BCUT2D eigenvalue weighted by Crippen LogP contribution is -2.47. The highest BCUT2D eigenvalue weighted by Gasteiger charge is 2.48. The van der Waals surface area contributed by atoms with E-state index in [-0.39, 0.29) is 18.8 Å². The molecule has 1 aromatic heterocycles. The standard InChI is InChI=1S/C17H21N3O3S/c1-10(2)20-16(22)15(21)19(17(20)23)9-18-7-5-13-12(6-8-24-13)14(18)11-3-4-11/h6,8,10-11,14H,3-5,7,9H2,1-2H3/t14-/m1/s1. The van der Waals surface area contributed by atoms with Crippen LogP contribution in [0.1, 0.15) is 43.2 Å². The number of nitrogens with zero attached hydrogens (tertiary/aromatic N) is 3. The Morgan fingerprint density at radius 1 is 1.21 bits per heavy atom. The van der Waals surface area contributed by atoms with Gasteiger partial charge in [-0.2, -0.15) is 0 Å². The van der Waals surface area contributed by atoms with E-state index in [0.29, 0.717) is 5.92 Å². The van der Waals surface area contributed by atoms with Crippen LogP contribution in [0.5, 0.6) is 0 Å². The van der Waals surface area contributed by atoms with Gasteiger partial charge in [0.05, 0.1) is 6.67 Å². The van der Waals surface area contributed by atoms with Crippen LogP contribution in [-0.4, -0.2) is 51.8 Å². The Kier molecular flexibility index (Phi) is 3.73. The number of hydrogen-bond acceptors (Lipinski definition) is 5. The van der Waals surface area contributed by atoms with Crippen LogP contribution in [0.25, 0.3) is 0 Å². The van der Waals surface area contributed by atoms with Crippen LogP contribution in [0.4, 0.5) is 4.79 Å². The van der Waals surface area contributed by atoms with E-state index in [1.54, 1.807) is 25.2 Å². The quantitative estimate of drug-likeness (QED) is 0.619. The number of amides is 4. The van der Waals surface area contributed by atoms with E-state index in [2.05, 4.69) is 16.3 Å². The molecule has 3 aliphatic rings. The predicted octanol–water partition coefficient (Wildman–Crippen LogP) is 2.21. The van der Waals surface area contributed by atoms with Crippen molar-refractivity contribution in [3.8, 4) is 0 Å². The monoisotopic (exact) mass is 347 g/mol. The smallest absolute Gasteiger partial charge is 0.278 e. The first-order chi connectivity index (χ1) is 11.5. The van der Waals surface area contributed by atoms with Gasteiger partial charge in [-0.3, -0.25) is 19.4 Å². The van der Waals surface area contributed by atoms with Crippen LogP contribution in [0.15, 0.2) is 11.4 Å². The first-order valence-corrected chi connectivity index (χ1v) is 9.36. The zero-order chi connectivity index (χ0) is 17.0. The minimum atomic E-state index is -0.703. The van der Waals surface area contributed by atoms with E-state index < -0.39 is 17.8 Å². The average molecular weight is 347 g/mol. The summed E-state index contributed by atoms with van der Waals surface area (Å²) in [5.41, 5.74) is 1.35. The number of fused-ring (bicyclic) bond motifs is 1. The second-order valence-corrected chi connectivity index (χ2v) is 8.07. The number of carbonyl (C=O) groups excluding carboxylic acids is 3. The van der Waals surface area contributed by atoms with Gasteiger partial charge < -0.3 is 0 Å². The normalized spacial score (nSPS) is 25.1. The summed E-state index contributed by atoms with van der Waals surface area (Å²) < 4.78 is 0. The highest BCUT2D eigenvalue weighted by Crippen LogP contribution is 2.48. The molecule has 0 bridgehead atoms. The lowest BCUT2D eigenvalue weighted by Gasteiger charge is -2.37. The molecule has 1 atom stereocenters. The molecule has 1 saturated heterocycles. The minimum absolute atomic E-state index is 0.211. The Balaban J connectivity index is 1.58. The predicted molar refractivity (Wildman–Crippen MR) is 89.3 cm³/mol. The molecule has 1 aromatic rings. The molecule has 128 valence electrons. The number of urea groups is 1. The van der Waals surface area contributed by atoms with E-state index in [4.69, 9.17) is 0 Å². The van der Waals surface area contributed by atoms with E-state index in [0.717, 1.165) is 22.8 Å². The first kappa shape index (κ1) is 15.8. The van der Waals surface area contributed by atoms with Crippen LogP contribution < -0.4 is 0 Å². The molecule has 6 nitrogen and oxygen atoms in total. The van der Waals surface area contributed by atoms with E-state index in [1.165, 1.54) is 23.3 Å². The third-order valence-corrected chi connectivity index (χ3v) is 6.11. The fourth-order valence-electron chi connectivity index (χ4n) is 3.80. The molecule has 2 fully saturated rings. The molecule has 4 amide bonds. The van der Waals surface area contributed by atoms with Crippen molar-refractivity contribution in [2.24, 2.45) is 5.92 Å². The van der Waals surface area contributed by atoms with Crippen molar-refractivity contribution in [2.75, 3.05) is 13.2 Å². The molecule has 24 heavy (non-hydrogen) atoms. The summed E-state index contributed by atoms with van der Waals surface area (Å²) in [4.78, 5) is 42.7. The molecule has 1 saturated carbocycles. The Morgan fingerprint density at radius 2 is 1.96 bits per heavy atom. The third kappa shape index (κ3) is 2.38. The molecule has 0 radical (unpaired) electrons. The van der Waals surface area contributed by atoms with Crippen LogP contribution in [-0.2, 0) is 16.0 Å². The number of thiophene rings is 1. The molecule has 3 heterocycles. The van der Waals surface area contributed by atoms with Gasteiger partial charge in [0.15, 0.2) is 0 Å².